The molecule has 2 atom stereocenters. The molecule has 2 aromatic rings. The molecular formula is C15H23N5S. The van der Waals surface area contributed by atoms with Crippen LogP contribution in [-0.2, 0) is 6.42 Å². The van der Waals surface area contributed by atoms with E-state index in [0.29, 0.717) is 17.9 Å². The summed E-state index contributed by atoms with van der Waals surface area (Å²) in [5.41, 5.74) is 2.58. The van der Waals surface area contributed by atoms with E-state index in [1.54, 1.807) is 11.3 Å². The van der Waals surface area contributed by atoms with Crippen molar-refractivity contribution in [2.24, 2.45) is 11.8 Å². The average Bonchev–Trinajstić information content (AvgIpc) is 2.92. The van der Waals surface area contributed by atoms with Gasteiger partial charge < -0.3 is 5.32 Å². The Hall–Kier alpha value is -1.40. The zero-order chi connectivity index (χ0) is 14.8. The third kappa shape index (κ3) is 2.96. The summed E-state index contributed by atoms with van der Waals surface area (Å²) in [6.45, 7) is 4.49. The van der Waals surface area contributed by atoms with Crippen LogP contribution in [0.25, 0.3) is 10.2 Å². The van der Waals surface area contributed by atoms with Crippen molar-refractivity contribution in [2.45, 2.75) is 52.0 Å². The predicted molar refractivity (Wildman–Crippen MR) is 89.6 cm³/mol. The van der Waals surface area contributed by atoms with Crippen LogP contribution in [0.4, 0.5) is 11.8 Å². The fourth-order valence-electron chi connectivity index (χ4n) is 3.03. The summed E-state index contributed by atoms with van der Waals surface area (Å²) in [4.78, 5) is 11.3. The molecule has 0 aliphatic heterocycles. The summed E-state index contributed by atoms with van der Waals surface area (Å²) in [5, 5.41) is 4.76. The molecule has 0 amide bonds. The van der Waals surface area contributed by atoms with Gasteiger partial charge in [0.05, 0.1) is 5.39 Å². The lowest BCUT2D eigenvalue weighted by atomic mass is 9.86. The van der Waals surface area contributed by atoms with E-state index in [-0.39, 0.29) is 0 Å². The van der Waals surface area contributed by atoms with E-state index in [0.717, 1.165) is 22.5 Å². The SMILES string of the molecule is CCc1cc2c(NC3CCCCC3C)nc(NN)nc2s1. The summed E-state index contributed by atoms with van der Waals surface area (Å²) >= 11 is 1.72. The number of nitrogens with one attached hydrogen (secondary N) is 2. The topological polar surface area (TPSA) is 75.9 Å². The molecule has 6 heteroatoms. The van der Waals surface area contributed by atoms with Gasteiger partial charge in [-0.15, -0.1) is 11.3 Å². The van der Waals surface area contributed by atoms with Crippen LogP contribution in [0.3, 0.4) is 0 Å². The van der Waals surface area contributed by atoms with E-state index in [1.165, 1.54) is 30.6 Å². The molecule has 21 heavy (non-hydrogen) atoms. The minimum Gasteiger partial charge on any atom is -0.366 e. The van der Waals surface area contributed by atoms with Gasteiger partial charge >= 0.3 is 0 Å². The zero-order valence-corrected chi connectivity index (χ0v) is 13.5. The fraction of sp³-hybridized carbons (Fsp3) is 0.600. The van der Waals surface area contributed by atoms with E-state index in [4.69, 9.17) is 5.84 Å². The lowest BCUT2D eigenvalue weighted by Gasteiger charge is -2.30. The van der Waals surface area contributed by atoms with Crippen LogP contribution in [0.5, 0.6) is 0 Å². The van der Waals surface area contributed by atoms with Crippen molar-refractivity contribution in [2.75, 3.05) is 10.7 Å². The van der Waals surface area contributed by atoms with Crippen LogP contribution >= 0.6 is 11.3 Å². The highest BCUT2D eigenvalue weighted by molar-refractivity contribution is 7.18. The van der Waals surface area contributed by atoms with Crippen molar-refractivity contribution in [3.05, 3.63) is 10.9 Å². The summed E-state index contributed by atoms with van der Waals surface area (Å²) in [6, 6.07) is 2.70. The number of hydrogen-bond acceptors (Lipinski definition) is 6. The van der Waals surface area contributed by atoms with Crippen molar-refractivity contribution >= 4 is 33.3 Å². The van der Waals surface area contributed by atoms with Gasteiger partial charge in [-0.05, 0) is 31.2 Å². The third-order valence-electron chi connectivity index (χ3n) is 4.35. The molecule has 3 rings (SSSR count). The second-order valence-electron chi connectivity index (χ2n) is 5.84. The van der Waals surface area contributed by atoms with Gasteiger partial charge in [-0.25, -0.2) is 10.8 Å². The number of aromatic nitrogens is 2. The first kappa shape index (κ1) is 14.5. The number of hydrogen-bond donors (Lipinski definition) is 3. The lowest BCUT2D eigenvalue weighted by molar-refractivity contribution is 0.349. The first-order chi connectivity index (χ1) is 10.2. The highest BCUT2D eigenvalue weighted by atomic mass is 32.1. The number of nitrogen functional groups attached to an aromatic ring is 1. The quantitative estimate of drug-likeness (QED) is 0.595. The molecule has 1 saturated carbocycles. The van der Waals surface area contributed by atoms with Gasteiger partial charge in [0, 0.05) is 10.9 Å². The maximum Gasteiger partial charge on any atom is 0.240 e. The second-order valence-corrected chi connectivity index (χ2v) is 6.95. The molecular weight excluding hydrogens is 282 g/mol. The summed E-state index contributed by atoms with van der Waals surface area (Å²) in [6.07, 6.45) is 6.15. The molecule has 1 aliphatic rings. The molecule has 0 saturated heterocycles. The molecule has 0 bridgehead atoms. The largest absolute Gasteiger partial charge is 0.366 e. The predicted octanol–water partition coefficient (Wildman–Crippen LogP) is 3.53. The maximum absolute atomic E-state index is 5.51. The summed E-state index contributed by atoms with van der Waals surface area (Å²) < 4.78 is 0. The molecule has 4 N–H and O–H groups in total. The molecule has 1 aliphatic carbocycles. The second kappa shape index (κ2) is 6.15. The number of anilines is 2. The molecule has 0 spiro atoms. The van der Waals surface area contributed by atoms with Crippen molar-refractivity contribution < 1.29 is 0 Å². The zero-order valence-electron chi connectivity index (χ0n) is 12.6. The Morgan fingerprint density at radius 2 is 2.14 bits per heavy atom. The van der Waals surface area contributed by atoms with Gasteiger partial charge in [-0.2, -0.15) is 4.98 Å². The fourth-order valence-corrected chi connectivity index (χ4v) is 3.99. The Kier molecular flexibility index (Phi) is 4.26. The molecule has 0 radical (unpaired) electrons. The molecule has 2 heterocycles. The van der Waals surface area contributed by atoms with Crippen LogP contribution in [0, 0.1) is 5.92 Å². The lowest BCUT2D eigenvalue weighted by Crippen LogP contribution is -2.31. The van der Waals surface area contributed by atoms with Crippen LogP contribution in [-0.4, -0.2) is 16.0 Å². The van der Waals surface area contributed by atoms with Gasteiger partial charge in [-0.3, -0.25) is 5.43 Å². The summed E-state index contributed by atoms with van der Waals surface area (Å²) in [5.74, 6) is 7.60. The highest BCUT2D eigenvalue weighted by Gasteiger charge is 2.23. The minimum absolute atomic E-state index is 0.484. The van der Waals surface area contributed by atoms with Crippen molar-refractivity contribution in [1.29, 1.82) is 0 Å². The van der Waals surface area contributed by atoms with Gasteiger partial charge in [0.1, 0.15) is 10.6 Å². The molecule has 0 aromatic carbocycles. The van der Waals surface area contributed by atoms with E-state index in [2.05, 4.69) is 40.6 Å². The van der Waals surface area contributed by atoms with Crippen LogP contribution in [0.2, 0.25) is 0 Å². The average molecular weight is 305 g/mol. The molecule has 2 unspecified atom stereocenters. The van der Waals surface area contributed by atoms with E-state index < -0.39 is 0 Å². The highest BCUT2D eigenvalue weighted by Crippen LogP contribution is 2.33. The van der Waals surface area contributed by atoms with Gasteiger partial charge in [-0.1, -0.05) is 26.7 Å². The van der Waals surface area contributed by atoms with Gasteiger partial charge in [0.2, 0.25) is 5.95 Å². The number of rotatable bonds is 4. The molecule has 5 nitrogen and oxygen atoms in total. The standard InChI is InChI=1S/C15H23N5S/c1-3-10-8-11-13(17-12-7-5-4-6-9(12)2)18-15(20-16)19-14(11)21-10/h8-9,12H,3-7,16H2,1-2H3,(H2,17,18,19,20). The minimum atomic E-state index is 0.484. The molecule has 1 fully saturated rings. The first-order valence-electron chi connectivity index (χ1n) is 7.75. The van der Waals surface area contributed by atoms with Gasteiger partial charge in [0.15, 0.2) is 0 Å². The number of nitrogens with zero attached hydrogens (tertiary/aromatic N) is 2. The smallest absolute Gasteiger partial charge is 0.240 e. The number of thiophene rings is 1. The Labute approximate surface area is 129 Å². The molecule has 114 valence electrons. The number of fused-ring (bicyclic) bond motifs is 1. The van der Waals surface area contributed by atoms with Crippen molar-refractivity contribution in [3.63, 3.8) is 0 Å². The number of hydrazine groups is 1. The Balaban J connectivity index is 1.96. The van der Waals surface area contributed by atoms with Crippen LogP contribution < -0.4 is 16.6 Å². The first-order valence-corrected chi connectivity index (χ1v) is 8.56. The van der Waals surface area contributed by atoms with E-state index >= 15 is 0 Å². The maximum atomic E-state index is 5.51. The number of nitrogens with two attached hydrogens (primary N) is 1. The van der Waals surface area contributed by atoms with Crippen molar-refractivity contribution in [3.8, 4) is 0 Å². The monoisotopic (exact) mass is 305 g/mol. The van der Waals surface area contributed by atoms with E-state index in [9.17, 15) is 0 Å². The van der Waals surface area contributed by atoms with Crippen molar-refractivity contribution in [1.82, 2.24) is 9.97 Å². The van der Waals surface area contributed by atoms with Gasteiger partial charge in [0.25, 0.3) is 0 Å². The van der Waals surface area contributed by atoms with Crippen LogP contribution in [0.15, 0.2) is 6.07 Å². The Morgan fingerprint density at radius 1 is 1.33 bits per heavy atom. The molecule has 2 aromatic heterocycles. The normalized spacial score (nSPS) is 22.4. The Morgan fingerprint density at radius 3 is 2.86 bits per heavy atom. The van der Waals surface area contributed by atoms with E-state index in [1.807, 2.05) is 0 Å². The summed E-state index contributed by atoms with van der Waals surface area (Å²) in [7, 11) is 0. The third-order valence-corrected chi connectivity index (χ3v) is 5.53. The van der Waals surface area contributed by atoms with Crippen LogP contribution in [0.1, 0.15) is 44.4 Å². The Bertz CT molecular complexity index is 624. The number of aryl methyl sites for hydroxylation is 1.